The molecule has 21 heavy (non-hydrogen) atoms. The lowest BCUT2D eigenvalue weighted by Crippen LogP contribution is -2.34. The zero-order valence-electron chi connectivity index (χ0n) is 12.1. The normalized spacial score (nSPS) is 17.8. The minimum atomic E-state index is -2.79. The van der Waals surface area contributed by atoms with Gasteiger partial charge in [0.05, 0.1) is 5.60 Å². The summed E-state index contributed by atoms with van der Waals surface area (Å²) in [6, 6.07) is 19.2. The van der Waals surface area contributed by atoms with Crippen molar-refractivity contribution >= 4 is 17.8 Å². The van der Waals surface area contributed by atoms with E-state index in [1.807, 2.05) is 60.7 Å². The van der Waals surface area contributed by atoms with Gasteiger partial charge in [0.25, 0.3) is 0 Å². The summed E-state index contributed by atoms with van der Waals surface area (Å²) in [7, 11) is -2.79. The minimum absolute atomic E-state index is 0.355. The van der Waals surface area contributed by atoms with Crippen molar-refractivity contribution in [3.63, 3.8) is 0 Å². The third kappa shape index (κ3) is 2.97. The first-order chi connectivity index (χ1) is 10.1. The Morgan fingerprint density at radius 3 is 1.71 bits per heavy atom. The van der Waals surface area contributed by atoms with Crippen LogP contribution >= 0.6 is 7.14 Å². The van der Waals surface area contributed by atoms with Crippen molar-refractivity contribution in [3.05, 3.63) is 60.7 Å². The lowest BCUT2D eigenvalue weighted by molar-refractivity contribution is 0.0714. The Hall–Kier alpha value is -1.37. The molecule has 0 spiro atoms. The van der Waals surface area contributed by atoms with Crippen LogP contribution in [0.1, 0.15) is 25.7 Å². The topological polar surface area (TPSA) is 37.3 Å². The van der Waals surface area contributed by atoms with E-state index in [9.17, 15) is 9.67 Å². The molecule has 0 bridgehead atoms. The smallest absolute Gasteiger partial charge is 0.146 e. The van der Waals surface area contributed by atoms with Gasteiger partial charge in [0.1, 0.15) is 7.14 Å². The van der Waals surface area contributed by atoms with E-state index in [-0.39, 0.29) is 0 Å². The second kappa shape index (κ2) is 5.79. The average Bonchev–Trinajstić information content (AvgIpc) is 2.95. The molecule has 0 heterocycles. The molecule has 110 valence electrons. The summed E-state index contributed by atoms with van der Waals surface area (Å²) in [6.07, 6.45) is 3.93. The Labute approximate surface area is 126 Å². The second-order valence-electron chi connectivity index (χ2n) is 6.00. The highest BCUT2D eigenvalue weighted by molar-refractivity contribution is 7.78. The van der Waals surface area contributed by atoms with Crippen LogP contribution in [0.3, 0.4) is 0 Å². The molecule has 3 rings (SSSR count). The highest BCUT2D eigenvalue weighted by atomic mass is 31.2. The molecule has 1 saturated carbocycles. The lowest BCUT2D eigenvalue weighted by Gasteiger charge is -2.29. The molecule has 2 aromatic carbocycles. The fraction of sp³-hybridized carbons (Fsp3) is 0.333. The third-order valence-corrected chi connectivity index (χ3v) is 7.70. The molecular weight excluding hydrogens is 279 g/mol. The van der Waals surface area contributed by atoms with Gasteiger partial charge in [0.15, 0.2) is 0 Å². The van der Waals surface area contributed by atoms with Crippen LogP contribution in [-0.4, -0.2) is 16.9 Å². The molecule has 0 aromatic heterocycles. The van der Waals surface area contributed by atoms with E-state index in [2.05, 4.69) is 0 Å². The zero-order valence-corrected chi connectivity index (χ0v) is 13.0. The van der Waals surface area contributed by atoms with E-state index in [0.717, 1.165) is 36.3 Å². The molecule has 2 nitrogen and oxygen atoms in total. The van der Waals surface area contributed by atoms with Gasteiger partial charge in [-0.25, -0.2) is 0 Å². The predicted octanol–water partition coefficient (Wildman–Crippen LogP) is 3.31. The van der Waals surface area contributed by atoms with Crippen LogP contribution in [0.15, 0.2) is 60.7 Å². The van der Waals surface area contributed by atoms with Gasteiger partial charge in [-0.1, -0.05) is 73.5 Å². The highest BCUT2D eigenvalue weighted by Crippen LogP contribution is 2.49. The van der Waals surface area contributed by atoms with Crippen molar-refractivity contribution < 1.29 is 9.67 Å². The van der Waals surface area contributed by atoms with Crippen LogP contribution in [0.4, 0.5) is 0 Å². The maximum Gasteiger partial charge on any atom is 0.146 e. The van der Waals surface area contributed by atoms with E-state index >= 15 is 0 Å². The Bertz CT molecular complexity index is 587. The summed E-state index contributed by atoms with van der Waals surface area (Å²) in [6.45, 7) is 0. The molecule has 0 saturated heterocycles. The van der Waals surface area contributed by atoms with Crippen molar-refractivity contribution in [1.82, 2.24) is 0 Å². The van der Waals surface area contributed by atoms with Gasteiger partial charge in [-0.3, -0.25) is 0 Å². The van der Waals surface area contributed by atoms with Gasteiger partial charge in [0, 0.05) is 16.8 Å². The summed E-state index contributed by atoms with van der Waals surface area (Å²) in [5.41, 5.74) is -0.777. The maximum atomic E-state index is 13.8. The quantitative estimate of drug-likeness (QED) is 0.880. The monoisotopic (exact) mass is 300 g/mol. The molecule has 1 aliphatic carbocycles. The van der Waals surface area contributed by atoms with Crippen molar-refractivity contribution in [2.24, 2.45) is 0 Å². The highest BCUT2D eigenvalue weighted by Gasteiger charge is 2.40. The summed E-state index contributed by atoms with van der Waals surface area (Å²) in [5.74, 6) is 0. The van der Waals surface area contributed by atoms with Crippen LogP contribution < -0.4 is 10.6 Å². The molecule has 0 aliphatic heterocycles. The number of hydrogen-bond acceptors (Lipinski definition) is 2. The lowest BCUT2D eigenvalue weighted by atomic mass is 10.1. The fourth-order valence-electron chi connectivity index (χ4n) is 3.27. The Morgan fingerprint density at radius 1 is 0.857 bits per heavy atom. The summed E-state index contributed by atoms with van der Waals surface area (Å²) in [4.78, 5) is 0. The minimum Gasteiger partial charge on any atom is -0.389 e. The van der Waals surface area contributed by atoms with Crippen molar-refractivity contribution in [3.8, 4) is 0 Å². The van der Waals surface area contributed by atoms with Gasteiger partial charge in [0.2, 0.25) is 0 Å². The first kappa shape index (κ1) is 14.6. The first-order valence-corrected chi connectivity index (χ1v) is 9.44. The van der Waals surface area contributed by atoms with E-state index in [0.29, 0.717) is 6.16 Å². The standard InChI is InChI=1S/C18H21O2P/c19-18(13-7-8-14-18)15-21(20,16-9-3-1-4-10-16)17-11-5-2-6-12-17/h1-6,9-12,19H,7-8,13-15H2. The zero-order chi connectivity index (χ0) is 14.8. The molecular formula is C18H21O2P. The Balaban J connectivity index is 2.05. The van der Waals surface area contributed by atoms with Crippen LogP contribution in [0.2, 0.25) is 0 Å². The van der Waals surface area contributed by atoms with Gasteiger partial charge >= 0.3 is 0 Å². The number of benzene rings is 2. The van der Waals surface area contributed by atoms with Crippen LogP contribution in [0.25, 0.3) is 0 Å². The van der Waals surface area contributed by atoms with Gasteiger partial charge in [-0.2, -0.15) is 0 Å². The first-order valence-electron chi connectivity index (χ1n) is 7.55. The average molecular weight is 300 g/mol. The summed E-state index contributed by atoms with van der Waals surface area (Å²) < 4.78 is 13.8. The van der Waals surface area contributed by atoms with Crippen molar-refractivity contribution in [2.45, 2.75) is 31.3 Å². The third-order valence-electron chi connectivity index (χ3n) is 4.40. The summed E-state index contributed by atoms with van der Waals surface area (Å²) >= 11 is 0. The van der Waals surface area contributed by atoms with Crippen LogP contribution in [-0.2, 0) is 4.57 Å². The second-order valence-corrected chi connectivity index (χ2v) is 8.83. The molecule has 1 fully saturated rings. The van der Waals surface area contributed by atoms with Gasteiger partial charge in [-0.15, -0.1) is 0 Å². The molecule has 1 N–H and O–H groups in total. The molecule has 0 unspecified atom stereocenters. The fourth-order valence-corrected chi connectivity index (χ4v) is 6.39. The predicted molar refractivity (Wildman–Crippen MR) is 88.0 cm³/mol. The molecule has 0 radical (unpaired) electrons. The van der Waals surface area contributed by atoms with E-state index in [1.165, 1.54) is 0 Å². The van der Waals surface area contributed by atoms with Gasteiger partial charge < -0.3 is 9.67 Å². The van der Waals surface area contributed by atoms with Crippen LogP contribution in [0, 0.1) is 0 Å². The van der Waals surface area contributed by atoms with E-state index in [4.69, 9.17) is 0 Å². The number of rotatable bonds is 4. The van der Waals surface area contributed by atoms with Gasteiger partial charge in [-0.05, 0) is 12.8 Å². The number of aliphatic hydroxyl groups is 1. The van der Waals surface area contributed by atoms with Crippen molar-refractivity contribution in [2.75, 3.05) is 6.16 Å². The Kier molecular flexibility index (Phi) is 4.01. The molecule has 2 aromatic rings. The maximum absolute atomic E-state index is 13.8. The molecule has 0 amide bonds. The Morgan fingerprint density at radius 2 is 1.29 bits per heavy atom. The molecule has 3 heteroatoms. The SMILES string of the molecule is O=P(CC1(O)CCCC1)(c1ccccc1)c1ccccc1. The summed E-state index contributed by atoms with van der Waals surface area (Å²) in [5, 5.41) is 12.5. The largest absolute Gasteiger partial charge is 0.389 e. The van der Waals surface area contributed by atoms with Crippen LogP contribution in [0.5, 0.6) is 0 Å². The van der Waals surface area contributed by atoms with E-state index in [1.54, 1.807) is 0 Å². The van der Waals surface area contributed by atoms with E-state index < -0.39 is 12.7 Å². The molecule has 0 atom stereocenters. The van der Waals surface area contributed by atoms with Crippen molar-refractivity contribution in [1.29, 1.82) is 0 Å². The molecule has 1 aliphatic rings. The number of hydrogen-bond donors (Lipinski definition) is 1.